The molecule has 1 saturated heterocycles. The minimum Gasteiger partial charge on any atom is -0.393 e. The highest BCUT2D eigenvalue weighted by atomic mass is 16.3. The minimum atomic E-state index is -0.147. The van der Waals surface area contributed by atoms with Gasteiger partial charge in [-0.3, -0.25) is 4.79 Å². The predicted octanol–water partition coefficient (Wildman–Crippen LogP) is 3.02. The molecule has 1 amide bonds. The summed E-state index contributed by atoms with van der Waals surface area (Å²) in [6.45, 7) is 1.80. The van der Waals surface area contributed by atoms with Crippen LogP contribution in [0.4, 0.5) is 11.4 Å². The molecule has 1 aliphatic heterocycles. The van der Waals surface area contributed by atoms with Crippen LogP contribution >= 0.6 is 0 Å². The molecular weight excluding hydrogens is 288 g/mol. The van der Waals surface area contributed by atoms with Crippen molar-refractivity contribution in [3.8, 4) is 0 Å². The van der Waals surface area contributed by atoms with E-state index in [-0.39, 0.29) is 17.9 Å². The lowest BCUT2D eigenvalue weighted by atomic mass is 9.88. The first-order valence-corrected chi connectivity index (χ1v) is 9.03. The molecule has 3 atom stereocenters. The third kappa shape index (κ3) is 3.09. The molecule has 2 bridgehead atoms. The maximum absolute atomic E-state index is 12.5. The second-order valence-electron chi connectivity index (χ2n) is 7.54. The third-order valence-electron chi connectivity index (χ3n) is 6.04. The molecule has 3 fully saturated rings. The highest BCUT2D eigenvalue weighted by Gasteiger charge is 2.42. The average molecular weight is 314 g/mol. The van der Waals surface area contributed by atoms with Crippen LogP contribution in [-0.4, -0.2) is 30.2 Å². The Bertz CT molecular complexity index is 563. The smallest absolute Gasteiger partial charge is 0.227 e. The van der Waals surface area contributed by atoms with Crippen molar-refractivity contribution in [2.75, 3.05) is 23.3 Å². The molecule has 2 N–H and O–H groups in total. The van der Waals surface area contributed by atoms with Gasteiger partial charge in [0.15, 0.2) is 0 Å². The monoisotopic (exact) mass is 314 g/mol. The van der Waals surface area contributed by atoms with Crippen molar-refractivity contribution in [2.24, 2.45) is 17.8 Å². The molecule has 0 aromatic heterocycles. The lowest BCUT2D eigenvalue weighted by Gasteiger charge is -2.31. The van der Waals surface area contributed by atoms with Crippen molar-refractivity contribution in [3.05, 3.63) is 24.3 Å². The highest BCUT2D eigenvalue weighted by molar-refractivity contribution is 5.93. The number of aliphatic hydroxyl groups excluding tert-OH is 1. The van der Waals surface area contributed by atoms with Crippen LogP contribution in [-0.2, 0) is 4.79 Å². The fourth-order valence-corrected chi connectivity index (χ4v) is 4.68. The van der Waals surface area contributed by atoms with E-state index in [2.05, 4.69) is 22.3 Å². The summed E-state index contributed by atoms with van der Waals surface area (Å²) in [6, 6.07) is 8.17. The first kappa shape index (κ1) is 15.0. The number of rotatable bonds is 3. The van der Waals surface area contributed by atoms with E-state index in [1.54, 1.807) is 0 Å². The number of benzene rings is 1. The molecule has 0 radical (unpaired) electrons. The number of aliphatic hydroxyl groups is 1. The van der Waals surface area contributed by atoms with Gasteiger partial charge in [-0.2, -0.15) is 0 Å². The van der Waals surface area contributed by atoms with Gasteiger partial charge in [0.05, 0.1) is 6.10 Å². The van der Waals surface area contributed by atoms with Gasteiger partial charge in [0.1, 0.15) is 0 Å². The number of piperidine rings is 1. The fraction of sp³-hybridized carbons (Fsp3) is 0.632. The van der Waals surface area contributed by atoms with Crippen molar-refractivity contribution < 1.29 is 9.90 Å². The summed E-state index contributed by atoms with van der Waals surface area (Å²) in [5, 5.41) is 12.7. The van der Waals surface area contributed by atoms with Gasteiger partial charge in [-0.25, -0.2) is 0 Å². The van der Waals surface area contributed by atoms with E-state index in [1.807, 2.05) is 12.1 Å². The average Bonchev–Trinajstić information content (AvgIpc) is 3.19. The number of fused-ring (bicyclic) bond motifs is 2. The second kappa shape index (κ2) is 6.16. The Balaban J connectivity index is 1.36. The van der Waals surface area contributed by atoms with Crippen LogP contribution in [0.25, 0.3) is 0 Å². The van der Waals surface area contributed by atoms with Crippen LogP contribution in [0.15, 0.2) is 24.3 Å². The van der Waals surface area contributed by atoms with Crippen molar-refractivity contribution in [3.63, 3.8) is 0 Å². The third-order valence-corrected chi connectivity index (χ3v) is 6.04. The highest BCUT2D eigenvalue weighted by Crippen LogP contribution is 2.48. The number of anilines is 2. The first-order valence-electron chi connectivity index (χ1n) is 9.03. The maximum Gasteiger partial charge on any atom is 0.227 e. The van der Waals surface area contributed by atoms with Crippen LogP contribution in [0.1, 0.15) is 38.5 Å². The Morgan fingerprint density at radius 1 is 1.04 bits per heavy atom. The van der Waals surface area contributed by atoms with Gasteiger partial charge in [-0.15, -0.1) is 0 Å². The van der Waals surface area contributed by atoms with Gasteiger partial charge in [0.2, 0.25) is 5.91 Å². The van der Waals surface area contributed by atoms with Gasteiger partial charge < -0.3 is 15.3 Å². The molecule has 1 heterocycles. The van der Waals surface area contributed by atoms with Gasteiger partial charge in [-0.05, 0) is 68.2 Å². The largest absolute Gasteiger partial charge is 0.393 e. The summed E-state index contributed by atoms with van der Waals surface area (Å²) in [7, 11) is 0. The fourth-order valence-electron chi connectivity index (χ4n) is 4.68. The normalized spacial score (nSPS) is 30.7. The van der Waals surface area contributed by atoms with Crippen molar-refractivity contribution >= 4 is 17.3 Å². The summed E-state index contributed by atoms with van der Waals surface area (Å²) in [5.74, 6) is 1.87. The van der Waals surface area contributed by atoms with Gasteiger partial charge in [-0.1, -0.05) is 6.42 Å². The molecular formula is C19H26N2O2. The van der Waals surface area contributed by atoms with Crippen molar-refractivity contribution in [1.82, 2.24) is 0 Å². The first-order chi connectivity index (χ1) is 11.2. The molecule has 4 heteroatoms. The van der Waals surface area contributed by atoms with E-state index in [1.165, 1.54) is 24.9 Å². The molecule has 2 saturated carbocycles. The zero-order chi connectivity index (χ0) is 15.8. The molecule has 23 heavy (non-hydrogen) atoms. The van der Waals surface area contributed by atoms with E-state index < -0.39 is 0 Å². The number of hydrogen-bond donors (Lipinski definition) is 2. The molecule has 2 aliphatic carbocycles. The van der Waals surface area contributed by atoms with E-state index in [0.29, 0.717) is 5.92 Å². The minimum absolute atomic E-state index is 0.147. The summed E-state index contributed by atoms with van der Waals surface area (Å²) >= 11 is 0. The summed E-state index contributed by atoms with van der Waals surface area (Å²) < 4.78 is 0. The van der Waals surface area contributed by atoms with E-state index in [4.69, 9.17) is 0 Å². The van der Waals surface area contributed by atoms with Crippen LogP contribution in [0.3, 0.4) is 0 Å². The summed E-state index contributed by atoms with van der Waals surface area (Å²) in [5.41, 5.74) is 2.08. The number of hydrogen-bond acceptors (Lipinski definition) is 3. The zero-order valence-corrected chi connectivity index (χ0v) is 13.6. The van der Waals surface area contributed by atoms with Crippen LogP contribution < -0.4 is 10.2 Å². The maximum atomic E-state index is 12.5. The predicted molar refractivity (Wildman–Crippen MR) is 91.5 cm³/mol. The van der Waals surface area contributed by atoms with Gasteiger partial charge >= 0.3 is 0 Å². The number of carbonyl (C=O) groups excluding carboxylic acids is 1. The van der Waals surface area contributed by atoms with Crippen LogP contribution in [0.2, 0.25) is 0 Å². The summed E-state index contributed by atoms with van der Waals surface area (Å²) in [6.07, 6.45) is 6.44. The molecule has 1 aromatic rings. The topological polar surface area (TPSA) is 52.6 Å². The Hall–Kier alpha value is -1.55. The standard InChI is InChI=1S/C19H26N2O2/c22-17-7-9-21(10-8-17)16-5-3-15(4-6-16)20-19(23)18-12-13-1-2-14(18)11-13/h3-6,13-14,17-18,22H,1-2,7-12H2,(H,20,23). The molecule has 124 valence electrons. The van der Waals surface area contributed by atoms with E-state index in [9.17, 15) is 9.90 Å². The molecule has 4 rings (SSSR count). The Morgan fingerprint density at radius 3 is 2.39 bits per heavy atom. The van der Waals surface area contributed by atoms with E-state index >= 15 is 0 Å². The van der Waals surface area contributed by atoms with Crippen LogP contribution in [0.5, 0.6) is 0 Å². The lowest BCUT2D eigenvalue weighted by molar-refractivity contribution is -0.121. The number of nitrogens with one attached hydrogen (secondary N) is 1. The van der Waals surface area contributed by atoms with Gasteiger partial charge in [0.25, 0.3) is 0 Å². The van der Waals surface area contributed by atoms with E-state index in [0.717, 1.165) is 44.0 Å². The number of amides is 1. The molecule has 3 aliphatic rings. The number of nitrogens with zero attached hydrogens (tertiary/aromatic N) is 1. The molecule has 1 aromatic carbocycles. The van der Waals surface area contributed by atoms with Crippen molar-refractivity contribution in [2.45, 2.75) is 44.6 Å². The second-order valence-corrected chi connectivity index (χ2v) is 7.54. The van der Waals surface area contributed by atoms with Crippen LogP contribution in [0, 0.1) is 17.8 Å². The number of carbonyl (C=O) groups is 1. The Labute approximate surface area is 137 Å². The lowest BCUT2D eigenvalue weighted by Crippen LogP contribution is -2.35. The molecule has 3 unspecified atom stereocenters. The quantitative estimate of drug-likeness (QED) is 0.902. The SMILES string of the molecule is O=C(Nc1ccc(N2CCC(O)CC2)cc1)C1CC2CCC1C2. The summed E-state index contributed by atoms with van der Waals surface area (Å²) in [4.78, 5) is 14.8. The molecule has 4 nitrogen and oxygen atoms in total. The van der Waals surface area contributed by atoms with Gasteiger partial charge in [0, 0.05) is 30.4 Å². The zero-order valence-electron chi connectivity index (χ0n) is 13.6. The Kier molecular flexibility index (Phi) is 4.02. The van der Waals surface area contributed by atoms with Crippen molar-refractivity contribution in [1.29, 1.82) is 0 Å². The Morgan fingerprint density at radius 2 is 1.78 bits per heavy atom. The molecule has 0 spiro atoms.